The summed E-state index contributed by atoms with van der Waals surface area (Å²) in [4.78, 5) is 72.2. The van der Waals surface area contributed by atoms with Crippen LogP contribution in [0.4, 0.5) is 0 Å². The standard InChI is InChI=1S/C64H124O17P2/c1-6-9-12-15-18-21-23-25-27-33-38-43-48-62(67)75-54-60(80-63(68)49-44-39-34-28-26-24-22-19-16-13-10-7-2)56-79-83(72,73)77-52-58(65)51-76-82(70,71)78-55-59(53-74-61(66)47-42-37-32-20-17-14-11-8-3)81-64(69)50-45-40-35-30-29-31-36-41-46-57(4)5/h57-60,65H,6-56H2,1-5H3,(H,70,71)(H,72,73)/t58-,59+,60+/m0/s1. The molecule has 492 valence electrons. The number of carbonyl (C=O) groups is 4. The van der Waals surface area contributed by atoms with Crippen LogP contribution in [0.25, 0.3) is 0 Å². The van der Waals surface area contributed by atoms with Gasteiger partial charge >= 0.3 is 39.5 Å². The van der Waals surface area contributed by atoms with E-state index in [4.69, 9.17) is 37.0 Å². The third-order valence-corrected chi connectivity index (χ3v) is 16.7. The molecule has 0 saturated heterocycles. The monoisotopic (exact) mass is 1230 g/mol. The van der Waals surface area contributed by atoms with Crippen LogP contribution in [0.5, 0.6) is 0 Å². The van der Waals surface area contributed by atoms with Crippen LogP contribution in [0.2, 0.25) is 0 Å². The number of phosphoric ester groups is 2. The minimum atomic E-state index is -4.94. The molecule has 17 nitrogen and oxygen atoms in total. The molecule has 0 aliphatic carbocycles. The Labute approximate surface area is 505 Å². The minimum absolute atomic E-state index is 0.104. The molecule has 0 bridgehead atoms. The fourth-order valence-corrected chi connectivity index (χ4v) is 11.2. The zero-order valence-corrected chi connectivity index (χ0v) is 55.1. The molecule has 3 N–H and O–H groups in total. The van der Waals surface area contributed by atoms with Crippen LogP contribution in [0, 0.1) is 5.92 Å². The number of hydrogen-bond donors (Lipinski definition) is 3. The molecule has 0 spiro atoms. The summed E-state index contributed by atoms with van der Waals surface area (Å²) in [5, 5.41) is 10.5. The van der Waals surface area contributed by atoms with E-state index in [1.165, 1.54) is 141 Å². The molecule has 0 heterocycles. The topological polar surface area (TPSA) is 237 Å². The van der Waals surface area contributed by atoms with Crippen molar-refractivity contribution in [2.75, 3.05) is 39.6 Å². The molecule has 0 aromatic rings. The van der Waals surface area contributed by atoms with Crippen molar-refractivity contribution in [3.8, 4) is 0 Å². The number of hydrogen-bond acceptors (Lipinski definition) is 15. The van der Waals surface area contributed by atoms with Gasteiger partial charge in [-0.3, -0.25) is 37.3 Å². The zero-order valence-electron chi connectivity index (χ0n) is 53.3. The summed E-state index contributed by atoms with van der Waals surface area (Å²) >= 11 is 0. The summed E-state index contributed by atoms with van der Waals surface area (Å²) in [5.41, 5.74) is 0. The summed E-state index contributed by atoms with van der Waals surface area (Å²) in [6, 6.07) is 0. The summed E-state index contributed by atoms with van der Waals surface area (Å²) in [7, 11) is -9.88. The molecule has 0 amide bonds. The molecule has 19 heteroatoms. The van der Waals surface area contributed by atoms with E-state index in [1.807, 2.05) is 0 Å². The lowest BCUT2D eigenvalue weighted by molar-refractivity contribution is -0.161. The van der Waals surface area contributed by atoms with Gasteiger partial charge in [-0.1, -0.05) is 272 Å². The van der Waals surface area contributed by atoms with Gasteiger partial charge in [-0.25, -0.2) is 9.13 Å². The highest BCUT2D eigenvalue weighted by Gasteiger charge is 2.30. The minimum Gasteiger partial charge on any atom is -0.462 e. The predicted molar refractivity (Wildman–Crippen MR) is 331 cm³/mol. The second-order valence-corrected chi connectivity index (χ2v) is 26.5. The van der Waals surface area contributed by atoms with E-state index < -0.39 is 97.5 Å². The fraction of sp³-hybridized carbons (Fsp3) is 0.938. The Bertz CT molecular complexity index is 1620. The Hall–Kier alpha value is -1.94. The van der Waals surface area contributed by atoms with Crippen LogP contribution in [-0.2, 0) is 65.4 Å². The fourth-order valence-electron chi connectivity index (χ4n) is 9.58. The quantitative estimate of drug-likeness (QED) is 0.0222. The van der Waals surface area contributed by atoms with Gasteiger partial charge in [0.15, 0.2) is 12.2 Å². The Morgan fingerprint density at radius 1 is 0.325 bits per heavy atom. The molecule has 0 aliphatic heterocycles. The first kappa shape index (κ1) is 81.1. The van der Waals surface area contributed by atoms with Gasteiger partial charge in [0.25, 0.3) is 0 Å². The number of unbranched alkanes of at least 4 members (excludes halogenated alkanes) is 36. The van der Waals surface area contributed by atoms with E-state index in [0.717, 1.165) is 102 Å². The lowest BCUT2D eigenvalue weighted by Gasteiger charge is -2.21. The molecular weight excluding hydrogens is 1100 g/mol. The number of rotatable bonds is 64. The van der Waals surface area contributed by atoms with Gasteiger partial charge in [-0.2, -0.15) is 0 Å². The summed E-state index contributed by atoms with van der Waals surface area (Å²) in [5.74, 6) is -1.42. The summed E-state index contributed by atoms with van der Waals surface area (Å²) in [6.45, 7) is 7.13. The third kappa shape index (κ3) is 58.8. The number of aliphatic hydroxyl groups is 1. The average molecular weight is 1230 g/mol. The lowest BCUT2D eigenvalue weighted by atomic mass is 10.0. The molecule has 0 aromatic heterocycles. The molecule has 83 heavy (non-hydrogen) atoms. The van der Waals surface area contributed by atoms with Crippen LogP contribution >= 0.6 is 15.6 Å². The first-order valence-corrected chi connectivity index (χ1v) is 36.6. The van der Waals surface area contributed by atoms with Crippen LogP contribution in [0.1, 0.15) is 324 Å². The number of carbonyl (C=O) groups excluding carboxylic acids is 4. The second-order valence-electron chi connectivity index (χ2n) is 23.6. The highest BCUT2D eigenvalue weighted by Crippen LogP contribution is 2.45. The maximum Gasteiger partial charge on any atom is 0.472 e. The first-order chi connectivity index (χ1) is 40.0. The molecule has 0 saturated carbocycles. The maximum absolute atomic E-state index is 13.0. The smallest absolute Gasteiger partial charge is 0.462 e. The number of ether oxygens (including phenoxy) is 4. The van der Waals surface area contributed by atoms with Gasteiger partial charge in [0.1, 0.15) is 19.3 Å². The molecule has 0 rings (SSSR count). The molecule has 0 radical (unpaired) electrons. The Balaban J connectivity index is 5.23. The van der Waals surface area contributed by atoms with Crippen molar-refractivity contribution in [3.63, 3.8) is 0 Å². The van der Waals surface area contributed by atoms with Gasteiger partial charge in [0.05, 0.1) is 26.4 Å². The number of phosphoric acid groups is 2. The summed E-state index contributed by atoms with van der Waals surface area (Å²) in [6.07, 6.45) is 41.6. The molecule has 0 aromatic carbocycles. The Morgan fingerprint density at radius 2 is 0.554 bits per heavy atom. The highest BCUT2D eigenvalue weighted by molar-refractivity contribution is 7.47. The summed E-state index contributed by atoms with van der Waals surface area (Å²) < 4.78 is 68.0. The van der Waals surface area contributed by atoms with E-state index in [9.17, 15) is 43.2 Å². The third-order valence-electron chi connectivity index (χ3n) is 14.8. The van der Waals surface area contributed by atoms with Crippen molar-refractivity contribution in [2.45, 2.75) is 342 Å². The second kappa shape index (κ2) is 57.8. The van der Waals surface area contributed by atoms with Crippen molar-refractivity contribution in [1.82, 2.24) is 0 Å². The van der Waals surface area contributed by atoms with Crippen molar-refractivity contribution in [2.24, 2.45) is 5.92 Å². The molecule has 0 aliphatic rings. The van der Waals surface area contributed by atoms with E-state index in [2.05, 4.69) is 34.6 Å². The van der Waals surface area contributed by atoms with Crippen LogP contribution in [0.15, 0.2) is 0 Å². The molecule has 0 fully saturated rings. The van der Waals surface area contributed by atoms with Gasteiger partial charge < -0.3 is 33.8 Å². The Morgan fingerprint density at radius 3 is 0.819 bits per heavy atom. The maximum atomic E-state index is 13.0. The number of aliphatic hydroxyl groups excluding tert-OH is 1. The average Bonchev–Trinajstić information content (AvgIpc) is 3.48. The largest absolute Gasteiger partial charge is 0.472 e. The Kier molecular flexibility index (Phi) is 56.4. The van der Waals surface area contributed by atoms with E-state index >= 15 is 0 Å². The van der Waals surface area contributed by atoms with Crippen molar-refractivity contribution in [3.05, 3.63) is 0 Å². The van der Waals surface area contributed by atoms with Crippen molar-refractivity contribution in [1.29, 1.82) is 0 Å². The SMILES string of the molecule is CCCCCCCCCCCCCCC(=O)OC[C@H](COP(=O)(O)OC[C@@H](O)COP(=O)(O)OC[C@@H](COC(=O)CCCCCCCCCC)OC(=O)CCCCCCCCCCC(C)C)OC(=O)CCCCCCCCCCCCCC. The normalized spacial score (nSPS) is 14.2. The van der Waals surface area contributed by atoms with Crippen LogP contribution < -0.4 is 0 Å². The van der Waals surface area contributed by atoms with Gasteiger partial charge in [0.2, 0.25) is 0 Å². The van der Waals surface area contributed by atoms with E-state index in [0.29, 0.717) is 25.7 Å². The zero-order chi connectivity index (χ0) is 61.3. The lowest BCUT2D eigenvalue weighted by Crippen LogP contribution is -2.30. The van der Waals surface area contributed by atoms with Crippen LogP contribution in [-0.4, -0.2) is 96.7 Å². The first-order valence-electron chi connectivity index (χ1n) is 33.6. The number of esters is 4. The van der Waals surface area contributed by atoms with Crippen molar-refractivity contribution >= 4 is 39.5 Å². The van der Waals surface area contributed by atoms with E-state index in [-0.39, 0.29) is 25.7 Å². The molecule has 2 unspecified atom stereocenters. The molecule has 5 atom stereocenters. The molecular formula is C64H124O17P2. The van der Waals surface area contributed by atoms with Gasteiger partial charge in [-0.05, 0) is 31.6 Å². The van der Waals surface area contributed by atoms with E-state index in [1.54, 1.807) is 0 Å². The van der Waals surface area contributed by atoms with Crippen LogP contribution in [0.3, 0.4) is 0 Å². The van der Waals surface area contributed by atoms with Gasteiger partial charge in [-0.15, -0.1) is 0 Å². The van der Waals surface area contributed by atoms with Crippen molar-refractivity contribution < 1.29 is 80.2 Å². The predicted octanol–water partition coefficient (Wildman–Crippen LogP) is 17.8. The van der Waals surface area contributed by atoms with Gasteiger partial charge in [0, 0.05) is 25.7 Å². The highest BCUT2D eigenvalue weighted by atomic mass is 31.2.